The summed E-state index contributed by atoms with van der Waals surface area (Å²) in [6.07, 6.45) is -5.04. The minimum absolute atomic E-state index is 0.311. The molecule has 1 atom stereocenters. The second-order valence-electron chi connectivity index (χ2n) is 3.57. The summed E-state index contributed by atoms with van der Waals surface area (Å²) in [5.74, 6) is -3.97. The van der Waals surface area contributed by atoms with Gasteiger partial charge >= 0.3 is 6.18 Å². The van der Waals surface area contributed by atoms with Crippen LogP contribution in [0.2, 0.25) is 0 Å². The van der Waals surface area contributed by atoms with Gasteiger partial charge < -0.3 is 5.32 Å². The third-order valence-corrected chi connectivity index (χ3v) is 2.10. The Balaban J connectivity index is 3.22. The van der Waals surface area contributed by atoms with Crippen molar-refractivity contribution in [2.45, 2.75) is 20.0 Å². The van der Waals surface area contributed by atoms with Crippen molar-refractivity contribution in [1.29, 1.82) is 0 Å². The van der Waals surface area contributed by atoms with Crippen molar-refractivity contribution in [3.05, 3.63) is 33.9 Å². The van der Waals surface area contributed by atoms with Gasteiger partial charge in [0.05, 0.1) is 4.92 Å². The molecule has 8 heteroatoms. The lowest BCUT2D eigenvalue weighted by molar-refractivity contribution is -0.388. The summed E-state index contributed by atoms with van der Waals surface area (Å²) in [6, 6.07) is 1.67. The van der Waals surface area contributed by atoms with Crippen LogP contribution in [0, 0.1) is 16.0 Å². The fourth-order valence-corrected chi connectivity index (χ4v) is 1.22. The van der Waals surface area contributed by atoms with E-state index in [1.807, 2.05) is 5.32 Å². The van der Waals surface area contributed by atoms with Crippen molar-refractivity contribution in [3.8, 4) is 0 Å². The molecule has 0 heterocycles. The number of nitrogens with one attached hydrogen (secondary N) is 1. The van der Waals surface area contributed by atoms with Crippen LogP contribution in [0.1, 0.15) is 24.8 Å². The third kappa shape index (κ3) is 3.67. The Bertz CT molecular complexity index is 644. The molecule has 1 aromatic rings. The number of nitro groups is 1. The first-order valence-corrected chi connectivity index (χ1v) is 4.85. The van der Waals surface area contributed by atoms with Crippen LogP contribution in [-0.4, -0.2) is 10.8 Å². The second-order valence-corrected chi connectivity index (χ2v) is 3.57. The molecule has 0 saturated carbocycles. The Morgan fingerprint density at radius 1 is 1.58 bits per heavy atom. The number of nitrogens with zero attached hydrogens (tertiary/aromatic N) is 1. The van der Waals surface area contributed by atoms with Crippen molar-refractivity contribution in [1.82, 2.24) is 0 Å². The summed E-state index contributed by atoms with van der Waals surface area (Å²) in [5, 5.41) is 12.5. The maximum absolute atomic E-state index is 12.8. The molecular formula is C11H11F3N2O3. The Morgan fingerprint density at radius 3 is 2.68 bits per heavy atom. The number of hydrogen-bond acceptors (Lipinski definition) is 3. The molecule has 104 valence electrons. The number of carbonyl (C=O) groups is 1. The molecule has 5 nitrogen and oxygen atoms in total. The lowest BCUT2D eigenvalue weighted by atomic mass is 10.1. The van der Waals surface area contributed by atoms with Crippen LogP contribution in [0.25, 0.3) is 0 Å². The first-order chi connectivity index (χ1) is 10.2. The highest BCUT2D eigenvalue weighted by atomic mass is 19.4. The number of halogens is 3. The molecule has 1 amide bonds. The van der Waals surface area contributed by atoms with Gasteiger partial charge in [0, 0.05) is 23.1 Å². The van der Waals surface area contributed by atoms with E-state index >= 15 is 0 Å². The molecule has 1 N–H and O–H groups in total. The van der Waals surface area contributed by atoms with E-state index in [9.17, 15) is 28.1 Å². The monoisotopic (exact) mass is 280 g/mol. The van der Waals surface area contributed by atoms with Crippen molar-refractivity contribution < 1.29 is 28.4 Å². The first kappa shape index (κ1) is 9.76. The fraction of sp³-hybridized carbons (Fsp3) is 0.364. The maximum atomic E-state index is 12.8. The Morgan fingerprint density at radius 2 is 2.21 bits per heavy atom. The predicted octanol–water partition coefficient (Wildman–Crippen LogP) is 3.21. The van der Waals surface area contributed by atoms with Crippen molar-refractivity contribution in [3.63, 3.8) is 0 Å². The molecule has 0 aliphatic heterocycles. The van der Waals surface area contributed by atoms with Gasteiger partial charge in [-0.15, -0.1) is 0 Å². The standard InChI is InChI=1S/C11H11F3N2O3/c1-6(2)10(17)15-7-3-4-9(16(18)19)8(5-7)11(12,13)14/h3-6H,1-2H3,(H,15,17)/i1D3,6D. The number of rotatable bonds is 3. The van der Waals surface area contributed by atoms with Crippen LogP contribution in [0.4, 0.5) is 24.5 Å². The van der Waals surface area contributed by atoms with Gasteiger partial charge in [-0.2, -0.15) is 13.2 Å². The number of anilines is 1. The molecule has 0 radical (unpaired) electrons. The van der Waals surface area contributed by atoms with Crippen LogP contribution < -0.4 is 5.32 Å². The molecule has 0 aliphatic carbocycles. The number of hydrogen-bond donors (Lipinski definition) is 1. The van der Waals surface area contributed by atoms with E-state index < -0.39 is 46.7 Å². The first-order valence-electron chi connectivity index (χ1n) is 6.85. The number of amides is 1. The van der Waals surface area contributed by atoms with Crippen LogP contribution in [-0.2, 0) is 11.0 Å². The van der Waals surface area contributed by atoms with Gasteiger partial charge in [0.1, 0.15) is 5.56 Å². The largest absolute Gasteiger partial charge is 0.423 e. The van der Waals surface area contributed by atoms with Crippen LogP contribution in [0.15, 0.2) is 18.2 Å². The average molecular weight is 280 g/mol. The SMILES string of the molecule is [2H]C([2H])([2H])C([2H])(C)C(=O)Nc1ccc([N+](=O)[O-])c(C(F)(F)F)c1. The molecule has 0 fully saturated rings. The number of nitro benzene ring substituents is 1. The van der Waals surface area contributed by atoms with Crippen LogP contribution >= 0.6 is 0 Å². The molecule has 0 spiro atoms. The zero-order chi connectivity index (χ0) is 18.2. The Kier molecular flexibility index (Phi) is 2.70. The molecule has 19 heavy (non-hydrogen) atoms. The van der Waals surface area contributed by atoms with Crippen LogP contribution in [0.3, 0.4) is 0 Å². The minimum Gasteiger partial charge on any atom is -0.326 e. The smallest absolute Gasteiger partial charge is 0.326 e. The van der Waals surface area contributed by atoms with E-state index in [1.165, 1.54) is 0 Å². The molecular weight excluding hydrogens is 265 g/mol. The van der Waals surface area contributed by atoms with E-state index in [0.29, 0.717) is 12.1 Å². The van der Waals surface area contributed by atoms with Gasteiger partial charge in [-0.3, -0.25) is 14.9 Å². The normalized spacial score (nSPS) is 18.3. The van der Waals surface area contributed by atoms with Crippen molar-refractivity contribution >= 4 is 17.3 Å². The minimum atomic E-state index is -5.04. The molecule has 0 aromatic heterocycles. The molecule has 0 bridgehead atoms. The molecule has 0 saturated heterocycles. The number of benzene rings is 1. The number of carbonyl (C=O) groups excluding carboxylic acids is 1. The zero-order valence-electron chi connectivity index (χ0n) is 13.5. The number of alkyl halides is 3. The highest BCUT2D eigenvalue weighted by Crippen LogP contribution is 2.37. The molecule has 1 unspecified atom stereocenters. The highest BCUT2D eigenvalue weighted by Gasteiger charge is 2.38. The second kappa shape index (κ2) is 5.25. The van der Waals surface area contributed by atoms with E-state index in [4.69, 9.17) is 5.48 Å². The summed E-state index contributed by atoms with van der Waals surface area (Å²) in [4.78, 5) is 21.2. The average Bonchev–Trinajstić information content (AvgIpc) is 2.35. The topological polar surface area (TPSA) is 72.2 Å². The van der Waals surface area contributed by atoms with Crippen LogP contribution in [0.5, 0.6) is 0 Å². The summed E-state index contributed by atoms with van der Waals surface area (Å²) >= 11 is 0. The van der Waals surface area contributed by atoms with E-state index in [1.54, 1.807) is 0 Å². The lowest BCUT2D eigenvalue weighted by Gasteiger charge is -2.11. The third-order valence-electron chi connectivity index (χ3n) is 2.10. The van der Waals surface area contributed by atoms with Gasteiger partial charge in [-0.1, -0.05) is 13.8 Å². The quantitative estimate of drug-likeness (QED) is 0.682. The summed E-state index contributed by atoms with van der Waals surface area (Å²) in [5.41, 5.74) is -3.31. The van der Waals surface area contributed by atoms with Gasteiger partial charge in [0.2, 0.25) is 5.91 Å². The van der Waals surface area contributed by atoms with E-state index in [0.717, 1.165) is 13.0 Å². The van der Waals surface area contributed by atoms with Gasteiger partial charge in [-0.25, -0.2) is 0 Å². The molecule has 1 aromatic carbocycles. The van der Waals surface area contributed by atoms with E-state index in [2.05, 4.69) is 0 Å². The Hall–Kier alpha value is -2.12. The van der Waals surface area contributed by atoms with Crippen molar-refractivity contribution in [2.24, 2.45) is 5.89 Å². The molecule has 1 rings (SSSR count). The zero-order valence-corrected chi connectivity index (χ0v) is 9.54. The fourth-order valence-electron chi connectivity index (χ4n) is 1.22. The maximum Gasteiger partial charge on any atom is 0.423 e. The summed E-state index contributed by atoms with van der Waals surface area (Å²) in [6.45, 7) is -2.23. The summed E-state index contributed by atoms with van der Waals surface area (Å²) in [7, 11) is 0. The summed E-state index contributed by atoms with van der Waals surface area (Å²) < 4.78 is 67.2. The molecule has 0 aliphatic rings. The lowest BCUT2D eigenvalue weighted by Crippen LogP contribution is -2.18. The predicted molar refractivity (Wildman–Crippen MR) is 61.6 cm³/mol. The van der Waals surface area contributed by atoms with Gasteiger partial charge in [-0.05, 0) is 12.1 Å². The van der Waals surface area contributed by atoms with Gasteiger partial charge in [0.15, 0.2) is 0 Å². The Labute approximate surface area is 112 Å². The van der Waals surface area contributed by atoms with E-state index in [-0.39, 0.29) is 0 Å². The highest BCUT2D eigenvalue weighted by molar-refractivity contribution is 5.92. The van der Waals surface area contributed by atoms with Gasteiger partial charge in [0.25, 0.3) is 5.69 Å². The van der Waals surface area contributed by atoms with Crippen molar-refractivity contribution in [2.75, 3.05) is 5.32 Å².